The Morgan fingerprint density at radius 3 is 2.70 bits per heavy atom. The SMILES string of the molecule is CCn1cc(C(C)NC(CNC(=O)OC(C)(C)C)C2CC2)cn1. The van der Waals surface area contributed by atoms with E-state index in [-0.39, 0.29) is 18.2 Å². The molecule has 2 rings (SSSR count). The molecule has 1 saturated carbocycles. The van der Waals surface area contributed by atoms with Crippen LogP contribution in [0.5, 0.6) is 0 Å². The van der Waals surface area contributed by atoms with Crippen molar-refractivity contribution in [1.29, 1.82) is 0 Å². The number of aromatic nitrogens is 2. The van der Waals surface area contributed by atoms with Gasteiger partial charge >= 0.3 is 6.09 Å². The van der Waals surface area contributed by atoms with Gasteiger partial charge in [-0.05, 0) is 53.4 Å². The van der Waals surface area contributed by atoms with E-state index < -0.39 is 5.60 Å². The maximum Gasteiger partial charge on any atom is 0.407 e. The molecular formula is C17H30N4O2. The summed E-state index contributed by atoms with van der Waals surface area (Å²) in [7, 11) is 0. The lowest BCUT2D eigenvalue weighted by molar-refractivity contribution is 0.0520. The Bertz CT molecular complexity index is 517. The first-order valence-corrected chi connectivity index (χ1v) is 8.53. The zero-order valence-electron chi connectivity index (χ0n) is 14.9. The van der Waals surface area contributed by atoms with E-state index in [1.807, 2.05) is 31.6 Å². The van der Waals surface area contributed by atoms with Crippen LogP contribution in [-0.4, -0.2) is 34.1 Å². The topological polar surface area (TPSA) is 68.2 Å². The first-order chi connectivity index (χ1) is 10.8. The van der Waals surface area contributed by atoms with Crippen molar-refractivity contribution in [2.24, 2.45) is 5.92 Å². The monoisotopic (exact) mass is 322 g/mol. The highest BCUT2D eigenvalue weighted by molar-refractivity contribution is 5.67. The molecule has 1 fully saturated rings. The standard InChI is InChI=1S/C17H30N4O2/c1-6-21-11-14(9-19-21)12(2)20-15(13-7-8-13)10-18-16(22)23-17(3,4)5/h9,11-13,15,20H,6-8,10H2,1-5H3,(H,18,22). The number of amides is 1. The second-order valence-corrected chi connectivity index (χ2v) is 7.34. The van der Waals surface area contributed by atoms with Crippen LogP contribution < -0.4 is 10.6 Å². The van der Waals surface area contributed by atoms with Crippen LogP contribution in [-0.2, 0) is 11.3 Å². The van der Waals surface area contributed by atoms with E-state index in [1.54, 1.807) is 0 Å². The van der Waals surface area contributed by atoms with Crippen LogP contribution in [0.4, 0.5) is 4.79 Å². The number of nitrogens with one attached hydrogen (secondary N) is 2. The van der Waals surface area contributed by atoms with Gasteiger partial charge in [0.05, 0.1) is 6.20 Å². The zero-order valence-corrected chi connectivity index (χ0v) is 14.9. The van der Waals surface area contributed by atoms with Gasteiger partial charge in [0, 0.05) is 36.9 Å². The molecule has 2 N–H and O–H groups in total. The molecule has 1 aliphatic rings. The molecule has 1 amide bonds. The van der Waals surface area contributed by atoms with Gasteiger partial charge in [0.1, 0.15) is 5.60 Å². The Kier molecular flexibility index (Phi) is 5.68. The molecule has 6 heteroatoms. The maximum absolute atomic E-state index is 11.8. The first-order valence-electron chi connectivity index (χ1n) is 8.53. The lowest BCUT2D eigenvalue weighted by atomic mass is 10.1. The Balaban J connectivity index is 1.85. The van der Waals surface area contributed by atoms with E-state index in [9.17, 15) is 4.79 Å². The Hall–Kier alpha value is -1.56. The van der Waals surface area contributed by atoms with Crippen molar-refractivity contribution in [3.8, 4) is 0 Å². The molecule has 6 nitrogen and oxygen atoms in total. The summed E-state index contributed by atoms with van der Waals surface area (Å²) in [5, 5.41) is 10.8. The highest BCUT2D eigenvalue weighted by Crippen LogP contribution is 2.33. The van der Waals surface area contributed by atoms with Crippen LogP contribution in [0.3, 0.4) is 0 Å². The molecule has 130 valence electrons. The van der Waals surface area contributed by atoms with Crippen molar-refractivity contribution in [3.05, 3.63) is 18.0 Å². The summed E-state index contributed by atoms with van der Waals surface area (Å²) < 4.78 is 7.23. The molecule has 2 unspecified atom stereocenters. The largest absolute Gasteiger partial charge is 0.444 e. The van der Waals surface area contributed by atoms with Crippen molar-refractivity contribution >= 4 is 6.09 Å². The molecule has 23 heavy (non-hydrogen) atoms. The second-order valence-electron chi connectivity index (χ2n) is 7.34. The molecule has 0 bridgehead atoms. The van der Waals surface area contributed by atoms with Crippen LogP contribution >= 0.6 is 0 Å². The molecule has 0 saturated heterocycles. The van der Waals surface area contributed by atoms with E-state index in [4.69, 9.17) is 4.74 Å². The molecule has 0 aliphatic heterocycles. The van der Waals surface area contributed by atoms with Gasteiger partial charge in [-0.15, -0.1) is 0 Å². The van der Waals surface area contributed by atoms with Crippen molar-refractivity contribution in [2.75, 3.05) is 6.54 Å². The third-order valence-electron chi connectivity index (χ3n) is 4.00. The van der Waals surface area contributed by atoms with Gasteiger partial charge in [0.15, 0.2) is 0 Å². The van der Waals surface area contributed by atoms with Crippen LogP contribution in [0.1, 0.15) is 59.1 Å². The molecule has 2 atom stereocenters. The first kappa shape index (κ1) is 17.8. The molecular weight excluding hydrogens is 292 g/mol. The number of hydrogen-bond acceptors (Lipinski definition) is 4. The number of carbonyl (C=O) groups is 1. The maximum atomic E-state index is 11.8. The predicted octanol–water partition coefficient (Wildman–Crippen LogP) is 2.86. The van der Waals surface area contributed by atoms with Crippen molar-refractivity contribution < 1.29 is 9.53 Å². The minimum Gasteiger partial charge on any atom is -0.444 e. The Morgan fingerprint density at radius 1 is 1.48 bits per heavy atom. The van der Waals surface area contributed by atoms with Crippen LogP contribution in [0.25, 0.3) is 0 Å². The zero-order chi connectivity index (χ0) is 17.0. The summed E-state index contributed by atoms with van der Waals surface area (Å²) in [5.74, 6) is 0.633. The number of alkyl carbamates (subject to hydrolysis) is 1. The van der Waals surface area contributed by atoms with E-state index >= 15 is 0 Å². The quantitative estimate of drug-likeness (QED) is 0.810. The van der Waals surface area contributed by atoms with Gasteiger partial charge < -0.3 is 15.4 Å². The molecule has 0 aromatic carbocycles. The average molecular weight is 322 g/mol. The third-order valence-corrected chi connectivity index (χ3v) is 4.00. The summed E-state index contributed by atoms with van der Waals surface area (Å²) in [6.07, 6.45) is 6.06. The number of nitrogens with zero attached hydrogens (tertiary/aromatic N) is 2. The average Bonchev–Trinajstić information content (AvgIpc) is 3.18. The van der Waals surface area contributed by atoms with Gasteiger partial charge in [-0.25, -0.2) is 4.79 Å². The van der Waals surface area contributed by atoms with Gasteiger partial charge in [0.25, 0.3) is 0 Å². The third kappa shape index (κ3) is 5.86. The number of carbonyl (C=O) groups excluding carboxylic acids is 1. The fourth-order valence-electron chi connectivity index (χ4n) is 2.56. The highest BCUT2D eigenvalue weighted by Gasteiger charge is 2.32. The predicted molar refractivity (Wildman–Crippen MR) is 90.2 cm³/mol. The minimum atomic E-state index is -0.464. The summed E-state index contributed by atoms with van der Waals surface area (Å²) in [6.45, 7) is 11.3. The molecule has 1 heterocycles. The number of ether oxygens (including phenoxy) is 1. The van der Waals surface area contributed by atoms with Crippen LogP contribution in [0.15, 0.2) is 12.4 Å². The van der Waals surface area contributed by atoms with E-state index in [2.05, 4.69) is 35.8 Å². The fraction of sp³-hybridized carbons (Fsp3) is 0.765. The van der Waals surface area contributed by atoms with Gasteiger partial charge in [-0.3, -0.25) is 4.68 Å². The van der Waals surface area contributed by atoms with Crippen molar-refractivity contribution in [2.45, 2.75) is 71.7 Å². The van der Waals surface area contributed by atoms with Gasteiger partial charge in [-0.1, -0.05) is 0 Å². The van der Waals surface area contributed by atoms with E-state index in [1.165, 1.54) is 18.4 Å². The second kappa shape index (κ2) is 7.34. The molecule has 0 spiro atoms. The Morgan fingerprint density at radius 2 is 2.17 bits per heavy atom. The van der Waals surface area contributed by atoms with Crippen molar-refractivity contribution in [1.82, 2.24) is 20.4 Å². The smallest absolute Gasteiger partial charge is 0.407 e. The number of rotatable bonds is 7. The summed E-state index contributed by atoms with van der Waals surface area (Å²) in [5.41, 5.74) is 0.712. The van der Waals surface area contributed by atoms with Gasteiger partial charge in [-0.2, -0.15) is 5.10 Å². The lowest BCUT2D eigenvalue weighted by Gasteiger charge is -2.25. The van der Waals surface area contributed by atoms with Gasteiger partial charge in [0.2, 0.25) is 0 Å². The summed E-state index contributed by atoms with van der Waals surface area (Å²) in [4.78, 5) is 11.8. The van der Waals surface area contributed by atoms with Crippen molar-refractivity contribution in [3.63, 3.8) is 0 Å². The molecule has 1 aromatic rings. The minimum absolute atomic E-state index is 0.210. The molecule has 1 aliphatic carbocycles. The fourth-order valence-corrected chi connectivity index (χ4v) is 2.56. The molecule has 1 aromatic heterocycles. The number of hydrogen-bond donors (Lipinski definition) is 2. The summed E-state index contributed by atoms with van der Waals surface area (Å²) >= 11 is 0. The highest BCUT2D eigenvalue weighted by atomic mass is 16.6. The van der Waals surface area contributed by atoms with E-state index in [0.29, 0.717) is 12.5 Å². The van der Waals surface area contributed by atoms with Crippen LogP contribution in [0, 0.1) is 5.92 Å². The van der Waals surface area contributed by atoms with E-state index in [0.717, 1.165) is 6.54 Å². The number of aryl methyl sites for hydroxylation is 1. The summed E-state index contributed by atoms with van der Waals surface area (Å²) in [6, 6.07) is 0.476. The normalized spacial score (nSPS) is 17.6. The van der Waals surface area contributed by atoms with Crippen LogP contribution in [0.2, 0.25) is 0 Å². The Labute approximate surface area is 139 Å². The molecule has 0 radical (unpaired) electrons. The lowest BCUT2D eigenvalue weighted by Crippen LogP contribution is -2.44.